The molecule has 33 heavy (non-hydrogen) atoms. The number of thioether (sulfide) groups is 1. The largest absolute Gasteiger partial charge is 0.367 e. The molecular weight excluding hydrogens is 514 g/mol. The minimum atomic E-state index is -4.42. The van der Waals surface area contributed by atoms with Gasteiger partial charge in [0, 0.05) is 50.9 Å². The van der Waals surface area contributed by atoms with Gasteiger partial charge in [-0.2, -0.15) is 8.61 Å². The molecule has 1 fully saturated rings. The average molecular weight is 537 g/mol. The molecule has 0 aliphatic carbocycles. The number of halogens is 2. The van der Waals surface area contributed by atoms with E-state index in [1.54, 1.807) is 18.5 Å². The third-order valence-corrected chi connectivity index (χ3v) is 10.2. The Bertz CT molecular complexity index is 1170. The molecule has 0 spiro atoms. The van der Waals surface area contributed by atoms with Crippen molar-refractivity contribution in [2.24, 2.45) is 0 Å². The van der Waals surface area contributed by atoms with E-state index in [0.29, 0.717) is 10.9 Å². The second-order valence-corrected chi connectivity index (χ2v) is 12.8. The van der Waals surface area contributed by atoms with Gasteiger partial charge in [-0.05, 0) is 23.8 Å². The van der Waals surface area contributed by atoms with Crippen molar-refractivity contribution in [3.8, 4) is 0 Å². The number of rotatable bonds is 8. The van der Waals surface area contributed by atoms with Crippen molar-refractivity contribution in [2.75, 3.05) is 37.7 Å². The van der Waals surface area contributed by atoms with Crippen LogP contribution in [0.25, 0.3) is 0 Å². The number of piperazine rings is 1. The van der Waals surface area contributed by atoms with E-state index < -0.39 is 36.6 Å². The second kappa shape index (κ2) is 11.1. The molecule has 0 atom stereocenters. The Labute approximate surface area is 201 Å². The van der Waals surface area contributed by atoms with Crippen LogP contribution in [0, 0.1) is 11.6 Å². The topological polar surface area (TPSA) is 99.7 Å². The molecule has 0 bridgehead atoms. The van der Waals surface area contributed by atoms with Crippen LogP contribution in [0.3, 0.4) is 0 Å². The van der Waals surface area contributed by atoms with Crippen LogP contribution in [0.1, 0.15) is 5.56 Å². The molecule has 2 heterocycles. The lowest BCUT2D eigenvalue weighted by atomic mass is 10.3. The van der Waals surface area contributed by atoms with Crippen molar-refractivity contribution >= 4 is 48.3 Å². The van der Waals surface area contributed by atoms with E-state index in [1.807, 2.05) is 6.07 Å². The van der Waals surface area contributed by atoms with Gasteiger partial charge < -0.3 is 5.32 Å². The van der Waals surface area contributed by atoms with Gasteiger partial charge in [-0.3, -0.25) is 4.98 Å². The molecular formula is C19H22F2N4O4S4. The number of pyridine rings is 1. The first-order valence-corrected chi connectivity index (χ1v) is 14.3. The van der Waals surface area contributed by atoms with E-state index in [-0.39, 0.29) is 37.7 Å². The molecule has 0 unspecified atom stereocenters. The first-order valence-electron chi connectivity index (χ1n) is 9.83. The van der Waals surface area contributed by atoms with Gasteiger partial charge in [0.25, 0.3) is 0 Å². The van der Waals surface area contributed by atoms with E-state index in [0.717, 1.165) is 28.1 Å². The predicted octanol–water partition coefficient (Wildman–Crippen LogP) is 1.80. The smallest absolute Gasteiger partial charge is 0.249 e. The van der Waals surface area contributed by atoms with Crippen LogP contribution < -0.4 is 5.32 Å². The molecule has 8 nitrogen and oxygen atoms in total. The molecule has 180 valence electrons. The highest BCUT2D eigenvalue weighted by Gasteiger charge is 2.35. The summed E-state index contributed by atoms with van der Waals surface area (Å²) in [6.45, 7) is -0.134. The average Bonchev–Trinajstić information content (AvgIpc) is 2.78. The Hall–Kier alpha value is -1.71. The summed E-state index contributed by atoms with van der Waals surface area (Å²) in [5.41, 5.74) is 0.941. The number of aromatic nitrogens is 1. The summed E-state index contributed by atoms with van der Waals surface area (Å²) in [6.07, 6.45) is 3.36. The number of sulfonamides is 2. The van der Waals surface area contributed by atoms with Gasteiger partial charge in [-0.15, -0.1) is 0 Å². The summed E-state index contributed by atoms with van der Waals surface area (Å²) in [7, 11) is -8.07. The quantitative estimate of drug-likeness (QED) is 0.510. The minimum Gasteiger partial charge on any atom is -0.367 e. The van der Waals surface area contributed by atoms with Crippen molar-refractivity contribution in [1.29, 1.82) is 0 Å². The lowest BCUT2D eigenvalue weighted by molar-refractivity contribution is 0.271. The van der Waals surface area contributed by atoms with Gasteiger partial charge in [0.05, 0.1) is 5.75 Å². The van der Waals surface area contributed by atoms with E-state index in [1.165, 1.54) is 16.1 Å². The summed E-state index contributed by atoms with van der Waals surface area (Å²) in [5.74, 6) is -2.33. The Morgan fingerprint density at radius 1 is 1.03 bits per heavy atom. The van der Waals surface area contributed by atoms with Gasteiger partial charge in [0.15, 0.2) is 4.90 Å². The van der Waals surface area contributed by atoms with Crippen molar-refractivity contribution in [2.45, 2.75) is 11.4 Å². The van der Waals surface area contributed by atoms with Crippen molar-refractivity contribution in [1.82, 2.24) is 18.9 Å². The number of nitrogens with one attached hydrogen (secondary N) is 1. The highest BCUT2D eigenvalue weighted by molar-refractivity contribution is 8.23. The zero-order chi connectivity index (χ0) is 24.1. The van der Waals surface area contributed by atoms with Crippen LogP contribution in [0.5, 0.6) is 0 Å². The summed E-state index contributed by atoms with van der Waals surface area (Å²) in [6, 6.07) is 6.50. The normalized spacial score (nSPS) is 15.9. The maximum absolute atomic E-state index is 13.9. The first-order chi connectivity index (χ1) is 15.6. The maximum atomic E-state index is 13.9. The number of hydrogen-bond donors (Lipinski definition) is 1. The molecule has 1 saturated heterocycles. The minimum absolute atomic E-state index is 0.105. The Kier molecular flexibility index (Phi) is 8.75. The second-order valence-electron chi connectivity index (χ2n) is 7.02. The van der Waals surface area contributed by atoms with Gasteiger partial charge in [-0.1, -0.05) is 36.1 Å². The molecule has 14 heteroatoms. The number of hydrogen-bond acceptors (Lipinski definition) is 7. The molecule has 3 rings (SSSR count). The van der Waals surface area contributed by atoms with Crippen molar-refractivity contribution < 1.29 is 25.6 Å². The van der Waals surface area contributed by atoms with Gasteiger partial charge in [0.2, 0.25) is 20.0 Å². The molecule has 0 radical (unpaired) electrons. The molecule has 0 saturated carbocycles. The number of nitrogens with zero attached hydrogens (tertiary/aromatic N) is 3. The fourth-order valence-electron chi connectivity index (χ4n) is 3.14. The van der Waals surface area contributed by atoms with Crippen molar-refractivity contribution in [3.63, 3.8) is 0 Å². The maximum Gasteiger partial charge on any atom is 0.249 e. The zero-order valence-corrected chi connectivity index (χ0v) is 20.6. The van der Waals surface area contributed by atoms with Crippen LogP contribution in [-0.2, 0) is 26.6 Å². The molecule has 2 aromatic rings. The van der Waals surface area contributed by atoms with Crippen LogP contribution in [0.2, 0.25) is 0 Å². The Morgan fingerprint density at radius 3 is 2.27 bits per heavy atom. The summed E-state index contributed by atoms with van der Waals surface area (Å²) < 4.78 is 81.0. The highest BCUT2D eigenvalue weighted by atomic mass is 32.2. The van der Waals surface area contributed by atoms with E-state index in [9.17, 15) is 25.6 Å². The fourth-order valence-corrected chi connectivity index (χ4v) is 7.51. The zero-order valence-electron chi connectivity index (χ0n) is 17.4. The fraction of sp³-hybridized carbons (Fsp3) is 0.368. The third-order valence-electron chi connectivity index (χ3n) is 4.84. The molecule has 1 aliphatic heterocycles. The Morgan fingerprint density at radius 2 is 1.67 bits per heavy atom. The van der Waals surface area contributed by atoms with Crippen LogP contribution in [0.15, 0.2) is 47.6 Å². The van der Waals surface area contributed by atoms with Crippen molar-refractivity contribution in [3.05, 3.63) is 59.9 Å². The van der Waals surface area contributed by atoms with E-state index in [2.05, 4.69) is 10.3 Å². The number of benzene rings is 1. The lowest BCUT2D eigenvalue weighted by Crippen LogP contribution is -2.51. The van der Waals surface area contributed by atoms with E-state index in [4.69, 9.17) is 12.2 Å². The Balaban J connectivity index is 1.49. The number of thiocarbonyl (C=S) groups is 1. The van der Waals surface area contributed by atoms with Gasteiger partial charge in [-0.25, -0.2) is 25.6 Å². The van der Waals surface area contributed by atoms with Gasteiger partial charge in [0.1, 0.15) is 16.0 Å². The summed E-state index contributed by atoms with van der Waals surface area (Å²) in [4.78, 5) is 2.98. The summed E-state index contributed by atoms with van der Waals surface area (Å²) >= 11 is 6.41. The van der Waals surface area contributed by atoms with E-state index >= 15 is 0 Å². The highest BCUT2D eigenvalue weighted by Crippen LogP contribution is 2.24. The summed E-state index contributed by atoms with van der Waals surface area (Å²) in [5, 5.41) is 3.02. The lowest BCUT2D eigenvalue weighted by Gasteiger charge is -2.33. The van der Waals surface area contributed by atoms with Crippen LogP contribution >= 0.6 is 24.0 Å². The monoisotopic (exact) mass is 536 g/mol. The van der Waals surface area contributed by atoms with Crippen LogP contribution in [-0.4, -0.2) is 72.4 Å². The third kappa shape index (κ3) is 6.67. The standard InChI is InChI=1S/C19H22F2N4O4S4/c20-16-4-1-5-17(21)18(16)33(28,29)25-9-7-24(8-10-25)32(26,27)12-11-31-19(30)23-14-15-3-2-6-22-13-15/h1-6,13H,7-12,14H2,(H,23,30). The first kappa shape index (κ1) is 25.9. The predicted molar refractivity (Wildman–Crippen MR) is 127 cm³/mol. The molecule has 1 N–H and O–H groups in total. The molecule has 1 aromatic carbocycles. The van der Waals surface area contributed by atoms with Gasteiger partial charge >= 0.3 is 0 Å². The molecule has 1 aliphatic rings. The van der Waals surface area contributed by atoms with Crippen LogP contribution in [0.4, 0.5) is 8.78 Å². The molecule has 0 amide bonds. The SMILES string of the molecule is O=S(=O)(CCSC(=S)NCc1cccnc1)N1CCN(S(=O)(=O)c2c(F)cccc2F)CC1. The molecule has 1 aromatic heterocycles.